The third-order valence-electron chi connectivity index (χ3n) is 2.66. The van der Waals surface area contributed by atoms with Crippen molar-refractivity contribution in [3.8, 4) is 0 Å². The Labute approximate surface area is 121 Å². The summed E-state index contributed by atoms with van der Waals surface area (Å²) in [6, 6.07) is 3.01. The van der Waals surface area contributed by atoms with Crippen molar-refractivity contribution < 1.29 is 22.7 Å². The van der Waals surface area contributed by atoms with Crippen molar-refractivity contribution in [3.63, 3.8) is 0 Å². The molecule has 0 aliphatic carbocycles. The van der Waals surface area contributed by atoms with E-state index in [-0.39, 0.29) is 28.8 Å². The minimum absolute atomic E-state index is 0.0276. The number of aliphatic carboxylic acids is 1. The molecule has 0 aliphatic rings. The van der Waals surface area contributed by atoms with E-state index in [1.54, 1.807) is 6.92 Å². The van der Waals surface area contributed by atoms with Crippen LogP contribution in [0.25, 0.3) is 0 Å². The lowest BCUT2D eigenvalue weighted by Gasteiger charge is -2.12. The molecule has 8 heteroatoms. The highest BCUT2D eigenvalue weighted by molar-refractivity contribution is 7.89. The zero-order valence-electron chi connectivity index (χ0n) is 10.8. The fraction of sp³-hybridized carbons (Fsp3) is 0.417. The molecular weight excluding hydrogens is 309 g/mol. The maximum Gasteiger partial charge on any atom is 0.303 e. The van der Waals surface area contributed by atoms with Crippen LogP contribution in [0, 0.1) is 11.7 Å². The predicted molar refractivity (Wildman–Crippen MR) is 72.6 cm³/mol. The van der Waals surface area contributed by atoms with Crippen molar-refractivity contribution >= 4 is 27.6 Å². The Kier molecular flexibility index (Phi) is 5.91. The van der Waals surface area contributed by atoms with Gasteiger partial charge in [0, 0.05) is 13.0 Å². The Hall–Kier alpha value is -1.18. The number of sulfonamides is 1. The molecule has 0 spiro atoms. The highest BCUT2D eigenvalue weighted by Crippen LogP contribution is 2.22. The Balaban J connectivity index is 2.68. The fourth-order valence-corrected chi connectivity index (χ4v) is 3.19. The van der Waals surface area contributed by atoms with E-state index in [2.05, 4.69) is 4.72 Å². The van der Waals surface area contributed by atoms with Crippen LogP contribution in [-0.4, -0.2) is 26.0 Å². The highest BCUT2D eigenvalue weighted by atomic mass is 35.5. The number of carbonyl (C=O) groups is 1. The topological polar surface area (TPSA) is 83.5 Å². The SMILES string of the molecule is CC(CCC(=O)O)CNS(=O)(=O)c1ccc(F)cc1Cl. The summed E-state index contributed by atoms with van der Waals surface area (Å²) in [7, 11) is -3.84. The molecule has 0 radical (unpaired) electrons. The summed E-state index contributed by atoms with van der Waals surface area (Å²) in [5, 5.41) is 8.34. The van der Waals surface area contributed by atoms with Gasteiger partial charge < -0.3 is 5.11 Å². The molecule has 0 heterocycles. The first-order valence-corrected chi connectivity index (χ1v) is 7.75. The molecule has 0 amide bonds. The molecule has 1 atom stereocenters. The number of carboxylic acids is 1. The van der Waals surface area contributed by atoms with Crippen molar-refractivity contribution in [1.82, 2.24) is 4.72 Å². The number of hydrogen-bond acceptors (Lipinski definition) is 3. The molecule has 1 rings (SSSR count). The van der Waals surface area contributed by atoms with E-state index in [0.717, 1.165) is 18.2 Å². The van der Waals surface area contributed by atoms with Crippen molar-refractivity contribution in [2.45, 2.75) is 24.7 Å². The molecule has 1 aromatic rings. The largest absolute Gasteiger partial charge is 0.481 e. The van der Waals surface area contributed by atoms with E-state index < -0.39 is 21.8 Å². The van der Waals surface area contributed by atoms with Gasteiger partial charge in [0.05, 0.1) is 5.02 Å². The molecule has 0 bridgehead atoms. The van der Waals surface area contributed by atoms with Gasteiger partial charge in [0.1, 0.15) is 10.7 Å². The van der Waals surface area contributed by atoms with Gasteiger partial charge in [-0.25, -0.2) is 17.5 Å². The zero-order chi connectivity index (χ0) is 15.3. The average molecular weight is 324 g/mol. The van der Waals surface area contributed by atoms with E-state index in [1.165, 1.54) is 0 Å². The van der Waals surface area contributed by atoms with Crippen LogP contribution in [0.2, 0.25) is 5.02 Å². The Morgan fingerprint density at radius 1 is 1.50 bits per heavy atom. The van der Waals surface area contributed by atoms with Crippen molar-refractivity contribution in [2.75, 3.05) is 6.54 Å². The van der Waals surface area contributed by atoms with Crippen LogP contribution in [0.4, 0.5) is 4.39 Å². The van der Waals surface area contributed by atoms with Crippen molar-refractivity contribution in [3.05, 3.63) is 29.0 Å². The van der Waals surface area contributed by atoms with E-state index >= 15 is 0 Å². The maximum atomic E-state index is 12.9. The first-order chi connectivity index (χ1) is 9.22. The Morgan fingerprint density at radius 3 is 2.70 bits per heavy atom. The highest BCUT2D eigenvalue weighted by Gasteiger charge is 2.19. The number of benzene rings is 1. The number of carboxylic acid groups (broad SMARTS) is 1. The average Bonchev–Trinajstić information content (AvgIpc) is 2.33. The summed E-state index contributed by atoms with van der Waals surface area (Å²) >= 11 is 5.70. The third kappa shape index (κ3) is 5.07. The van der Waals surface area contributed by atoms with Gasteiger partial charge in [0.2, 0.25) is 10.0 Å². The molecule has 0 aromatic heterocycles. The van der Waals surface area contributed by atoms with Crippen molar-refractivity contribution in [1.29, 1.82) is 0 Å². The van der Waals surface area contributed by atoms with Gasteiger partial charge in [-0.1, -0.05) is 18.5 Å². The van der Waals surface area contributed by atoms with Gasteiger partial charge in [-0.3, -0.25) is 4.79 Å². The summed E-state index contributed by atoms with van der Waals surface area (Å²) in [5.74, 6) is -1.69. The second-order valence-corrected chi connectivity index (χ2v) is 6.61. The Bertz CT molecular complexity index is 591. The van der Waals surface area contributed by atoms with Gasteiger partial charge in [-0.15, -0.1) is 0 Å². The number of rotatable bonds is 7. The van der Waals surface area contributed by atoms with Gasteiger partial charge >= 0.3 is 5.97 Å². The number of nitrogens with one attached hydrogen (secondary N) is 1. The second kappa shape index (κ2) is 7.01. The quantitative estimate of drug-likeness (QED) is 0.806. The molecule has 5 nitrogen and oxygen atoms in total. The van der Waals surface area contributed by atoms with Crippen LogP contribution >= 0.6 is 11.6 Å². The minimum Gasteiger partial charge on any atom is -0.481 e. The number of halogens is 2. The summed E-state index contributed by atoms with van der Waals surface area (Å²) in [6.45, 7) is 1.82. The summed E-state index contributed by atoms with van der Waals surface area (Å²) in [6.07, 6.45) is 0.329. The lowest BCUT2D eigenvalue weighted by molar-refractivity contribution is -0.137. The summed E-state index contributed by atoms with van der Waals surface area (Å²) < 4.78 is 39.1. The van der Waals surface area contributed by atoms with Crippen LogP contribution in [0.5, 0.6) is 0 Å². The van der Waals surface area contributed by atoms with Gasteiger partial charge in [0.15, 0.2) is 0 Å². The molecule has 1 unspecified atom stereocenters. The summed E-state index contributed by atoms with van der Waals surface area (Å²) in [4.78, 5) is 10.2. The molecule has 0 saturated carbocycles. The van der Waals surface area contributed by atoms with Gasteiger partial charge in [0.25, 0.3) is 0 Å². The predicted octanol–water partition coefficient (Wildman–Crippen LogP) is 2.26. The minimum atomic E-state index is -3.84. The lowest BCUT2D eigenvalue weighted by Crippen LogP contribution is -2.29. The smallest absolute Gasteiger partial charge is 0.303 e. The first-order valence-electron chi connectivity index (χ1n) is 5.89. The molecule has 0 saturated heterocycles. The van der Waals surface area contributed by atoms with Crippen LogP contribution in [0.15, 0.2) is 23.1 Å². The first kappa shape index (κ1) is 16.9. The fourth-order valence-electron chi connectivity index (χ4n) is 1.49. The number of hydrogen-bond donors (Lipinski definition) is 2. The molecule has 2 N–H and O–H groups in total. The normalized spacial score (nSPS) is 13.2. The molecule has 20 heavy (non-hydrogen) atoms. The van der Waals surface area contributed by atoms with Crippen LogP contribution in [0.3, 0.4) is 0 Å². The Morgan fingerprint density at radius 2 is 2.15 bits per heavy atom. The summed E-state index contributed by atoms with van der Waals surface area (Å²) in [5.41, 5.74) is 0. The molecule has 0 aliphatic heterocycles. The van der Waals surface area contributed by atoms with Crippen LogP contribution in [0.1, 0.15) is 19.8 Å². The monoisotopic (exact) mass is 323 g/mol. The van der Waals surface area contributed by atoms with E-state index in [4.69, 9.17) is 16.7 Å². The molecular formula is C12H15ClFNO4S. The second-order valence-electron chi connectivity index (χ2n) is 4.46. The maximum absolute atomic E-state index is 12.9. The lowest BCUT2D eigenvalue weighted by atomic mass is 10.1. The van der Waals surface area contributed by atoms with Gasteiger partial charge in [-0.2, -0.15) is 0 Å². The van der Waals surface area contributed by atoms with Crippen LogP contribution < -0.4 is 4.72 Å². The molecule has 1 aromatic carbocycles. The molecule has 112 valence electrons. The van der Waals surface area contributed by atoms with E-state index in [1.807, 2.05) is 0 Å². The third-order valence-corrected chi connectivity index (χ3v) is 4.56. The van der Waals surface area contributed by atoms with E-state index in [9.17, 15) is 17.6 Å². The molecule has 0 fully saturated rings. The van der Waals surface area contributed by atoms with E-state index in [0.29, 0.717) is 6.42 Å². The van der Waals surface area contributed by atoms with Crippen LogP contribution in [-0.2, 0) is 14.8 Å². The van der Waals surface area contributed by atoms with Gasteiger partial charge in [-0.05, 0) is 30.5 Å². The standard InChI is InChI=1S/C12H15ClFNO4S/c1-8(2-5-12(16)17)7-15-20(18,19)11-4-3-9(14)6-10(11)13/h3-4,6,8,15H,2,5,7H2,1H3,(H,16,17). The van der Waals surface area contributed by atoms with Crippen molar-refractivity contribution in [2.24, 2.45) is 5.92 Å². The zero-order valence-corrected chi connectivity index (χ0v) is 12.3.